The summed E-state index contributed by atoms with van der Waals surface area (Å²) < 4.78 is 69.0. The first kappa shape index (κ1) is 25.5. The summed E-state index contributed by atoms with van der Waals surface area (Å²) in [5.74, 6) is -4.17. The van der Waals surface area contributed by atoms with Crippen molar-refractivity contribution in [1.29, 1.82) is 0 Å². The Morgan fingerprint density at radius 3 is 2.47 bits per heavy atom. The van der Waals surface area contributed by atoms with Gasteiger partial charge in [0.2, 0.25) is 5.91 Å². The fraction of sp³-hybridized carbons (Fsp3) is 0.364. The molecule has 0 fully saturated rings. The topological polar surface area (TPSA) is 87.7 Å². The number of hydrogen-bond donors (Lipinski definition) is 2. The van der Waals surface area contributed by atoms with E-state index in [0.717, 1.165) is 28.8 Å². The molecular formula is C22H21F5N4O2S. The summed E-state index contributed by atoms with van der Waals surface area (Å²) in [6.45, 7) is 4.61. The lowest BCUT2D eigenvalue weighted by Gasteiger charge is -2.15. The first-order chi connectivity index (χ1) is 15.8. The smallest absolute Gasteiger partial charge is 0.352 e. The van der Waals surface area contributed by atoms with Gasteiger partial charge >= 0.3 is 6.18 Å². The highest BCUT2D eigenvalue weighted by molar-refractivity contribution is 7.13. The van der Waals surface area contributed by atoms with Crippen molar-refractivity contribution in [2.45, 2.75) is 45.8 Å². The van der Waals surface area contributed by atoms with Crippen LogP contribution in [-0.4, -0.2) is 20.9 Å². The van der Waals surface area contributed by atoms with Crippen LogP contribution in [0.15, 0.2) is 34.4 Å². The fourth-order valence-electron chi connectivity index (χ4n) is 2.97. The average molecular weight is 500 g/mol. The van der Waals surface area contributed by atoms with Crippen LogP contribution in [0.3, 0.4) is 0 Å². The van der Waals surface area contributed by atoms with Gasteiger partial charge in [0.25, 0.3) is 11.5 Å². The quantitative estimate of drug-likeness (QED) is 0.428. The summed E-state index contributed by atoms with van der Waals surface area (Å²) >= 11 is 0.808. The lowest BCUT2D eigenvalue weighted by molar-refractivity contribution is -0.137. The SMILES string of the molecule is CCC(F)(F)c1csc(-c2cc(=O)[nH]c(-c3cc(CNC(=O)C(C)C)ccc3C(F)(F)F)n2)n1. The number of nitrogens with zero attached hydrogens (tertiary/aromatic N) is 2. The summed E-state index contributed by atoms with van der Waals surface area (Å²) in [6, 6.07) is 4.21. The Balaban J connectivity index is 2.08. The number of thiazole rings is 1. The second-order valence-corrected chi connectivity index (χ2v) is 8.68. The molecule has 1 aromatic carbocycles. The highest BCUT2D eigenvalue weighted by atomic mass is 32.1. The Labute approximate surface area is 195 Å². The molecule has 2 heterocycles. The largest absolute Gasteiger partial charge is 0.417 e. The zero-order valence-corrected chi connectivity index (χ0v) is 19.2. The van der Waals surface area contributed by atoms with E-state index in [9.17, 15) is 31.5 Å². The molecule has 2 aromatic heterocycles. The first-order valence-corrected chi connectivity index (χ1v) is 11.1. The van der Waals surface area contributed by atoms with E-state index in [-0.39, 0.29) is 29.1 Å². The molecule has 6 nitrogen and oxygen atoms in total. The first-order valence-electron chi connectivity index (χ1n) is 10.3. The maximum atomic E-state index is 13.9. The van der Waals surface area contributed by atoms with Crippen molar-refractivity contribution < 1.29 is 26.7 Å². The summed E-state index contributed by atoms with van der Waals surface area (Å²) in [5, 5.41) is 3.72. The Morgan fingerprint density at radius 2 is 1.85 bits per heavy atom. The summed E-state index contributed by atoms with van der Waals surface area (Å²) in [6.07, 6.45) is -5.25. The van der Waals surface area contributed by atoms with Gasteiger partial charge in [-0.1, -0.05) is 26.8 Å². The van der Waals surface area contributed by atoms with Crippen LogP contribution in [0.25, 0.3) is 22.1 Å². The van der Waals surface area contributed by atoms with Crippen molar-refractivity contribution in [3.63, 3.8) is 0 Å². The molecule has 2 N–H and O–H groups in total. The Morgan fingerprint density at radius 1 is 1.15 bits per heavy atom. The predicted molar refractivity (Wildman–Crippen MR) is 117 cm³/mol. The highest BCUT2D eigenvalue weighted by Crippen LogP contribution is 2.38. The van der Waals surface area contributed by atoms with Crippen molar-refractivity contribution in [3.05, 3.63) is 56.8 Å². The van der Waals surface area contributed by atoms with E-state index in [1.54, 1.807) is 13.8 Å². The molecule has 0 aliphatic heterocycles. The third-order valence-electron chi connectivity index (χ3n) is 4.92. The van der Waals surface area contributed by atoms with E-state index in [2.05, 4.69) is 20.3 Å². The molecular weight excluding hydrogens is 479 g/mol. The summed E-state index contributed by atoms with van der Waals surface area (Å²) in [7, 11) is 0. The minimum absolute atomic E-state index is 0.0237. The van der Waals surface area contributed by atoms with E-state index in [1.807, 2.05) is 0 Å². The summed E-state index contributed by atoms with van der Waals surface area (Å²) in [5.41, 5.74) is -2.52. The van der Waals surface area contributed by atoms with Crippen LogP contribution in [0.4, 0.5) is 22.0 Å². The molecule has 0 spiro atoms. The number of benzene rings is 1. The average Bonchev–Trinajstić information content (AvgIpc) is 3.27. The van der Waals surface area contributed by atoms with E-state index < -0.39 is 46.7 Å². The van der Waals surface area contributed by atoms with Crippen molar-refractivity contribution in [3.8, 4) is 22.1 Å². The van der Waals surface area contributed by atoms with Gasteiger partial charge in [-0.25, -0.2) is 9.97 Å². The van der Waals surface area contributed by atoms with Gasteiger partial charge in [0.05, 0.1) is 5.56 Å². The lowest BCUT2D eigenvalue weighted by Crippen LogP contribution is -2.27. The van der Waals surface area contributed by atoms with Gasteiger partial charge < -0.3 is 10.3 Å². The molecule has 3 aromatic rings. The molecule has 0 unspecified atom stereocenters. The van der Waals surface area contributed by atoms with Gasteiger partial charge in [-0.2, -0.15) is 22.0 Å². The van der Waals surface area contributed by atoms with Crippen molar-refractivity contribution in [2.75, 3.05) is 0 Å². The molecule has 0 atom stereocenters. The van der Waals surface area contributed by atoms with Gasteiger partial charge in [0.15, 0.2) is 0 Å². The molecule has 0 saturated carbocycles. The molecule has 34 heavy (non-hydrogen) atoms. The minimum atomic E-state index is -4.76. The number of amides is 1. The van der Waals surface area contributed by atoms with Gasteiger partial charge in [-0.15, -0.1) is 11.3 Å². The Bertz CT molecular complexity index is 1250. The Hall–Kier alpha value is -3.15. The number of rotatable bonds is 7. The minimum Gasteiger partial charge on any atom is -0.352 e. The van der Waals surface area contributed by atoms with Gasteiger partial charge in [-0.05, 0) is 17.7 Å². The van der Waals surface area contributed by atoms with Crippen LogP contribution < -0.4 is 10.9 Å². The zero-order valence-electron chi connectivity index (χ0n) is 18.4. The van der Waals surface area contributed by atoms with Crippen LogP contribution in [0.2, 0.25) is 0 Å². The van der Waals surface area contributed by atoms with Crippen LogP contribution in [0.1, 0.15) is 44.0 Å². The Kier molecular flexibility index (Phi) is 7.20. The molecule has 12 heteroatoms. The van der Waals surface area contributed by atoms with Gasteiger partial charge in [0.1, 0.15) is 22.2 Å². The fourth-order valence-corrected chi connectivity index (χ4v) is 3.80. The van der Waals surface area contributed by atoms with Crippen LogP contribution in [-0.2, 0) is 23.4 Å². The molecule has 1 amide bonds. The number of hydrogen-bond acceptors (Lipinski definition) is 5. The maximum Gasteiger partial charge on any atom is 0.417 e. The number of alkyl halides is 5. The van der Waals surface area contributed by atoms with Crippen LogP contribution in [0.5, 0.6) is 0 Å². The predicted octanol–water partition coefficient (Wildman–Crippen LogP) is 5.35. The normalized spacial score (nSPS) is 12.3. The number of carbonyl (C=O) groups excluding carboxylic acids is 1. The van der Waals surface area contributed by atoms with Crippen molar-refractivity contribution in [1.82, 2.24) is 20.3 Å². The molecule has 182 valence electrons. The second-order valence-electron chi connectivity index (χ2n) is 7.83. The van der Waals surface area contributed by atoms with Gasteiger partial charge in [0, 0.05) is 35.9 Å². The highest BCUT2D eigenvalue weighted by Gasteiger charge is 2.35. The zero-order chi connectivity index (χ0) is 25.3. The number of halogens is 5. The maximum absolute atomic E-state index is 13.9. The monoisotopic (exact) mass is 500 g/mol. The molecule has 3 rings (SSSR count). The number of aromatic nitrogens is 3. The third kappa shape index (κ3) is 5.66. The van der Waals surface area contributed by atoms with Gasteiger partial charge in [-0.3, -0.25) is 9.59 Å². The van der Waals surface area contributed by atoms with E-state index in [1.165, 1.54) is 19.1 Å². The third-order valence-corrected chi connectivity index (χ3v) is 5.78. The molecule has 0 radical (unpaired) electrons. The summed E-state index contributed by atoms with van der Waals surface area (Å²) in [4.78, 5) is 34.3. The number of H-pyrrole nitrogens is 1. The molecule has 0 saturated heterocycles. The second kappa shape index (κ2) is 9.61. The van der Waals surface area contributed by atoms with Crippen LogP contribution in [0, 0.1) is 5.92 Å². The van der Waals surface area contributed by atoms with Crippen molar-refractivity contribution in [2.24, 2.45) is 5.92 Å². The molecule has 0 bridgehead atoms. The standard InChI is InChI=1S/C22H21F5N4O2S/c1-4-21(23,24)16-10-34-20(30-16)15-8-17(32)31-18(29-15)13-7-12(9-28-19(33)11(2)3)5-6-14(13)22(25,26)27/h5-8,10-11H,4,9H2,1-3H3,(H,28,33)(H,29,31,32). The molecule has 0 aliphatic rings. The van der Waals surface area contributed by atoms with Crippen LogP contribution >= 0.6 is 11.3 Å². The molecule has 0 aliphatic carbocycles. The van der Waals surface area contributed by atoms with E-state index >= 15 is 0 Å². The number of aromatic amines is 1. The van der Waals surface area contributed by atoms with Crippen molar-refractivity contribution >= 4 is 17.2 Å². The number of nitrogens with one attached hydrogen (secondary N) is 2. The van der Waals surface area contributed by atoms with E-state index in [0.29, 0.717) is 5.56 Å². The van der Waals surface area contributed by atoms with E-state index in [4.69, 9.17) is 0 Å². The number of carbonyl (C=O) groups is 1. The lowest BCUT2D eigenvalue weighted by atomic mass is 10.0.